The molecule has 12 heteroatoms. The molecule has 3 unspecified atom stereocenters. The zero-order valence-corrected chi connectivity index (χ0v) is 15.7. The topological polar surface area (TPSA) is 151 Å². The third-order valence-corrected chi connectivity index (χ3v) is 6.18. The molecule has 11 nitrogen and oxygen atoms in total. The number of hydroxylamine groups is 2. The lowest BCUT2D eigenvalue weighted by molar-refractivity contribution is -0.196. The summed E-state index contributed by atoms with van der Waals surface area (Å²) < 4.78 is 0. The second kappa shape index (κ2) is 8.59. The van der Waals surface area contributed by atoms with Crippen molar-refractivity contribution in [3.05, 3.63) is 0 Å². The van der Waals surface area contributed by atoms with Crippen molar-refractivity contribution in [1.82, 2.24) is 21.0 Å². The summed E-state index contributed by atoms with van der Waals surface area (Å²) in [6.07, 6.45) is 0.633. The summed E-state index contributed by atoms with van der Waals surface area (Å²) in [5.74, 6) is -2.05. The maximum Gasteiger partial charge on any atom is 0.352 e. The molecule has 3 fully saturated rings. The van der Waals surface area contributed by atoms with Crippen molar-refractivity contribution in [3.8, 4) is 0 Å². The Morgan fingerprint density at radius 2 is 1.75 bits per heavy atom. The molecule has 0 aromatic carbocycles. The van der Waals surface area contributed by atoms with Gasteiger partial charge in [-0.05, 0) is 11.7 Å². The van der Waals surface area contributed by atoms with Crippen molar-refractivity contribution in [2.24, 2.45) is 5.92 Å². The summed E-state index contributed by atoms with van der Waals surface area (Å²) in [4.78, 5) is 74.0. The molecule has 3 aliphatic rings. The van der Waals surface area contributed by atoms with Crippen LogP contribution in [0.2, 0.25) is 0 Å². The first-order valence-electron chi connectivity index (χ1n) is 8.84. The lowest BCUT2D eigenvalue weighted by Crippen LogP contribution is -2.43. The van der Waals surface area contributed by atoms with Crippen LogP contribution in [0.4, 0.5) is 0 Å². The fourth-order valence-electron chi connectivity index (χ4n) is 3.28. The maximum absolute atomic E-state index is 12.0. The second-order valence-corrected chi connectivity index (χ2v) is 8.00. The normalized spacial score (nSPS) is 26.1. The van der Waals surface area contributed by atoms with Gasteiger partial charge in [-0.15, -0.1) is 5.06 Å². The average Bonchev–Trinajstić information content (AvgIpc) is 3.29. The molecule has 0 bridgehead atoms. The zero-order valence-electron chi connectivity index (χ0n) is 14.9. The summed E-state index contributed by atoms with van der Waals surface area (Å²) in [5, 5.41) is 7.95. The zero-order chi connectivity index (χ0) is 20.3. The predicted octanol–water partition coefficient (Wildman–Crippen LogP) is -2.16. The molecule has 5 amide bonds. The van der Waals surface area contributed by atoms with E-state index >= 15 is 0 Å². The summed E-state index contributed by atoms with van der Waals surface area (Å²) in [5.41, 5.74) is 0. The van der Waals surface area contributed by atoms with E-state index < -0.39 is 30.2 Å². The fraction of sp³-hybridized carbons (Fsp3) is 0.625. The minimum atomic E-state index is -0.964. The highest BCUT2D eigenvalue weighted by Crippen LogP contribution is 2.38. The maximum atomic E-state index is 12.0. The van der Waals surface area contributed by atoms with Gasteiger partial charge in [-0.2, -0.15) is 11.8 Å². The van der Waals surface area contributed by atoms with Crippen LogP contribution in [0.1, 0.15) is 25.7 Å². The molecule has 0 aromatic rings. The van der Waals surface area contributed by atoms with E-state index in [1.54, 1.807) is 11.8 Å². The SMILES string of the molecule is O=C(CNC(=O)CC1SCC2CC(=O)NC21)NCC(=O)ON1C(=O)CCC1=O. The van der Waals surface area contributed by atoms with Gasteiger partial charge in [0.2, 0.25) is 17.7 Å². The van der Waals surface area contributed by atoms with E-state index in [9.17, 15) is 28.8 Å². The monoisotopic (exact) mass is 412 g/mol. The van der Waals surface area contributed by atoms with Crippen LogP contribution in [0, 0.1) is 5.92 Å². The van der Waals surface area contributed by atoms with E-state index in [0.717, 1.165) is 5.75 Å². The molecular weight excluding hydrogens is 392 g/mol. The van der Waals surface area contributed by atoms with Gasteiger partial charge in [-0.3, -0.25) is 24.0 Å². The van der Waals surface area contributed by atoms with Gasteiger partial charge in [0, 0.05) is 37.0 Å². The number of hydrogen-bond donors (Lipinski definition) is 3. The number of imide groups is 1. The number of hydrogen-bond acceptors (Lipinski definition) is 8. The molecule has 3 rings (SSSR count). The van der Waals surface area contributed by atoms with Crippen molar-refractivity contribution in [3.63, 3.8) is 0 Å². The Balaban J connectivity index is 1.32. The molecule has 152 valence electrons. The number of fused-ring (bicyclic) bond motifs is 1. The van der Waals surface area contributed by atoms with Gasteiger partial charge in [0.05, 0.1) is 6.54 Å². The van der Waals surface area contributed by atoms with E-state index in [0.29, 0.717) is 11.5 Å². The van der Waals surface area contributed by atoms with Gasteiger partial charge in [0.15, 0.2) is 0 Å². The molecule has 0 spiro atoms. The number of thioether (sulfide) groups is 1. The first kappa shape index (κ1) is 20.1. The summed E-state index contributed by atoms with van der Waals surface area (Å²) in [6, 6.07) is -0.0112. The van der Waals surface area contributed by atoms with Crippen LogP contribution in [0.3, 0.4) is 0 Å². The third kappa shape index (κ3) is 4.80. The summed E-state index contributed by atoms with van der Waals surface area (Å²) in [6.45, 7) is -0.869. The van der Waals surface area contributed by atoms with Crippen LogP contribution in [-0.4, -0.2) is 70.7 Å². The molecule has 28 heavy (non-hydrogen) atoms. The molecule has 3 atom stereocenters. The van der Waals surface area contributed by atoms with E-state index in [1.165, 1.54) is 0 Å². The van der Waals surface area contributed by atoms with Gasteiger partial charge in [-0.1, -0.05) is 0 Å². The van der Waals surface area contributed by atoms with Crippen LogP contribution >= 0.6 is 11.8 Å². The van der Waals surface area contributed by atoms with Crippen molar-refractivity contribution in [2.75, 3.05) is 18.8 Å². The van der Waals surface area contributed by atoms with Gasteiger partial charge in [0.1, 0.15) is 6.54 Å². The quantitative estimate of drug-likeness (QED) is 0.400. The van der Waals surface area contributed by atoms with Crippen LogP contribution in [0.15, 0.2) is 0 Å². The van der Waals surface area contributed by atoms with E-state index in [4.69, 9.17) is 0 Å². The summed E-state index contributed by atoms with van der Waals surface area (Å²) in [7, 11) is 0. The van der Waals surface area contributed by atoms with Crippen molar-refractivity contribution in [2.45, 2.75) is 37.0 Å². The predicted molar refractivity (Wildman–Crippen MR) is 94.1 cm³/mol. The lowest BCUT2D eigenvalue weighted by Gasteiger charge is -2.17. The van der Waals surface area contributed by atoms with Crippen LogP contribution < -0.4 is 16.0 Å². The smallest absolute Gasteiger partial charge is 0.352 e. The minimum absolute atomic E-state index is 0.00398. The van der Waals surface area contributed by atoms with Crippen molar-refractivity contribution >= 4 is 47.3 Å². The van der Waals surface area contributed by atoms with E-state index in [1.807, 2.05) is 0 Å². The van der Waals surface area contributed by atoms with Crippen LogP contribution in [0.25, 0.3) is 0 Å². The molecule has 0 aromatic heterocycles. The van der Waals surface area contributed by atoms with Gasteiger partial charge < -0.3 is 20.8 Å². The average molecular weight is 412 g/mol. The fourth-order valence-corrected chi connectivity index (χ4v) is 4.87. The first-order valence-corrected chi connectivity index (χ1v) is 9.89. The van der Waals surface area contributed by atoms with Gasteiger partial charge in [0.25, 0.3) is 11.8 Å². The minimum Gasteiger partial charge on any atom is -0.352 e. The molecule has 0 saturated carbocycles. The number of amides is 5. The number of nitrogens with one attached hydrogen (secondary N) is 3. The molecule has 0 radical (unpaired) electrons. The molecule has 3 aliphatic heterocycles. The Morgan fingerprint density at radius 1 is 1.07 bits per heavy atom. The first-order chi connectivity index (χ1) is 13.3. The third-order valence-electron chi connectivity index (χ3n) is 4.67. The van der Waals surface area contributed by atoms with Gasteiger partial charge >= 0.3 is 5.97 Å². The number of carbonyl (C=O) groups is 6. The molecule has 0 aliphatic carbocycles. The number of nitrogens with zero attached hydrogens (tertiary/aromatic N) is 1. The van der Waals surface area contributed by atoms with Gasteiger partial charge in [-0.25, -0.2) is 4.79 Å². The van der Waals surface area contributed by atoms with E-state index in [-0.39, 0.29) is 54.8 Å². The van der Waals surface area contributed by atoms with Crippen LogP contribution in [0.5, 0.6) is 0 Å². The molecular formula is C16H20N4O7S. The molecule has 3 heterocycles. The molecule has 3 N–H and O–H groups in total. The lowest BCUT2D eigenvalue weighted by atomic mass is 9.99. The highest BCUT2D eigenvalue weighted by atomic mass is 32.2. The number of rotatable bonds is 7. The highest BCUT2D eigenvalue weighted by molar-refractivity contribution is 8.00. The Labute approximate surface area is 164 Å². The van der Waals surface area contributed by atoms with Crippen LogP contribution in [-0.2, 0) is 33.6 Å². The Morgan fingerprint density at radius 3 is 2.46 bits per heavy atom. The Kier molecular flexibility index (Phi) is 6.17. The summed E-state index contributed by atoms with van der Waals surface area (Å²) >= 11 is 1.63. The van der Waals surface area contributed by atoms with Crippen molar-refractivity contribution in [1.29, 1.82) is 0 Å². The Hall–Kier alpha value is -2.63. The number of carbonyl (C=O) groups excluding carboxylic acids is 6. The van der Waals surface area contributed by atoms with Crippen molar-refractivity contribution < 1.29 is 33.6 Å². The molecule has 3 saturated heterocycles. The second-order valence-electron chi connectivity index (χ2n) is 6.73. The standard InChI is InChI=1S/C16H20N4O7S/c21-10(4-9-16-8(7-28-9)3-11(22)19-16)17-5-12(23)18-6-15(26)27-20-13(24)1-2-14(20)25/h8-9,16H,1-7H2,(H,17,21)(H,18,23)(H,19,22). The van der Waals surface area contributed by atoms with E-state index in [2.05, 4.69) is 20.8 Å². The largest absolute Gasteiger partial charge is 0.352 e. The highest BCUT2D eigenvalue weighted by Gasteiger charge is 2.43. The Bertz CT molecular complexity index is 712.